The first-order valence-corrected chi connectivity index (χ1v) is 8.40. The molecule has 0 bridgehead atoms. The number of rotatable bonds is 8. The van der Waals surface area contributed by atoms with Crippen LogP contribution in [0.25, 0.3) is 0 Å². The largest absolute Gasteiger partial charge is 0.394 e. The van der Waals surface area contributed by atoms with Crippen molar-refractivity contribution in [1.29, 1.82) is 0 Å². The summed E-state index contributed by atoms with van der Waals surface area (Å²) in [6.07, 6.45) is -1.16. The van der Waals surface area contributed by atoms with Gasteiger partial charge in [-0.15, -0.1) is 0 Å². The lowest BCUT2D eigenvalue weighted by Gasteiger charge is -2.10. The zero-order valence-electron chi connectivity index (χ0n) is 15.3. The SMILES string of the molecule is O=[N+]([O-])c1cccc([N+](=O)[O-])c1Cl.O=[N+]([O-])c1cccc([N+](=O)[O-])c1NCC(O)CO. The molecular weight excluding hydrogens is 446 g/mol. The van der Waals surface area contributed by atoms with Gasteiger partial charge in [-0.25, -0.2) is 0 Å². The number of aliphatic hydroxyl groups excluding tert-OH is 2. The van der Waals surface area contributed by atoms with Crippen molar-refractivity contribution < 1.29 is 29.9 Å². The molecule has 0 aliphatic heterocycles. The highest BCUT2D eigenvalue weighted by atomic mass is 35.5. The van der Waals surface area contributed by atoms with Crippen LogP contribution in [-0.4, -0.2) is 49.2 Å². The molecular formula is C15H14ClN5O10. The summed E-state index contributed by atoms with van der Waals surface area (Å²) in [6.45, 7) is -0.788. The molecule has 0 aromatic heterocycles. The van der Waals surface area contributed by atoms with Crippen molar-refractivity contribution in [3.05, 3.63) is 81.9 Å². The molecule has 166 valence electrons. The van der Waals surface area contributed by atoms with Crippen molar-refractivity contribution in [2.75, 3.05) is 18.5 Å². The second-order valence-corrected chi connectivity index (χ2v) is 5.91. The molecule has 2 rings (SSSR count). The predicted octanol–water partition coefficient (Wildman–Crippen LogP) is 2.42. The lowest BCUT2D eigenvalue weighted by Crippen LogP contribution is -2.23. The molecule has 15 nitrogen and oxygen atoms in total. The van der Waals surface area contributed by atoms with E-state index in [2.05, 4.69) is 5.32 Å². The number of hydrogen-bond acceptors (Lipinski definition) is 11. The maximum absolute atomic E-state index is 10.7. The molecule has 0 aliphatic carbocycles. The number of nitrogens with one attached hydrogen (secondary N) is 1. The molecule has 2 aromatic rings. The molecule has 3 N–H and O–H groups in total. The highest BCUT2D eigenvalue weighted by Gasteiger charge is 2.25. The van der Waals surface area contributed by atoms with Gasteiger partial charge in [-0.2, -0.15) is 0 Å². The Morgan fingerprint density at radius 2 is 1.16 bits per heavy atom. The van der Waals surface area contributed by atoms with Crippen LogP contribution in [-0.2, 0) is 0 Å². The fraction of sp³-hybridized carbons (Fsp3) is 0.200. The van der Waals surface area contributed by atoms with Crippen molar-refractivity contribution in [3.63, 3.8) is 0 Å². The number of aliphatic hydroxyl groups is 2. The second-order valence-electron chi connectivity index (χ2n) is 5.53. The van der Waals surface area contributed by atoms with Gasteiger partial charge in [-0.3, -0.25) is 40.5 Å². The van der Waals surface area contributed by atoms with Crippen molar-refractivity contribution in [1.82, 2.24) is 0 Å². The monoisotopic (exact) mass is 459 g/mol. The van der Waals surface area contributed by atoms with E-state index in [-0.39, 0.29) is 12.2 Å². The first kappa shape index (κ1) is 25.1. The van der Waals surface area contributed by atoms with Crippen LogP contribution in [0.1, 0.15) is 0 Å². The average Bonchev–Trinajstić information content (AvgIpc) is 2.71. The predicted molar refractivity (Wildman–Crippen MR) is 106 cm³/mol. The second kappa shape index (κ2) is 11.3. The average molecular weight is 460 g/mol. The van der Waals surface area contributed by atoms with E-state index in [0.29, 0.717) is 0 Å². The number of benzene rings is 2. The number of hydrogen-bond donors (Lipinski definition) is 3. The molecule has 16 heteroatoms. The smallest absolute Gasteiger partial charge is 0.299 e. The highest BCUT2D eigenvalue weighted by Crippen LogP contribution is 2.34. The Labute approximate surface area is 177 Å². The van der Waals surface area contributed by atoms with E-state index >= 15 is 0 Å². The van der Waals surface area contributed by atoms with Crippen molar-refractivity contribution in [2.45, 2.75) is 6.10 Å². The summed E-state index contributed by atoms with van der Waals surface area (Å²) in [6, 6.07) is 6.85. The summed E-state index contributed by atoms with van der Waals surface area (Å²) >= 11 is 5.42. The first-order valence-electron chi connectivity index (χ1n) is 8.03. The van der Waals surface area contributed by atoms with Crippen LogP contribution in [0.3, 0.4) is 0 Å². The Morgan fingerprint density at radius 3 is 1.48 bits per heavy atom. The van der Waals surface area contributed by atoms with Gasteiger partial charge in [-0.1, -0.05) is 11.6 Å². The van der Waals surface area contributed by atoms with E-state index in [0.717, 1.165) is 24.3 Å². The maximum atomic E-state index is 10.7. The first-order chi connectivity index (χ1) is 14.5. The van der Waals surface area contributed by atoms with Crippen LogP contribution >= 0.6 is 11.6 Å². The van der Waals surface area contributed by atoms with Gasteiger partial charge in [0, 0.05) is 30.8 Å². The zero-order valence-corrected chi connectivity index (χ0v) is 16.0. The lowest BCUT2D eigenvalue weighted by molar-refractivity contribution is -0.393. The summed E-state index contributed by atoms with van der Waals surface area (Å²) in [4.78, 5) is 39.0. The topological polar surface area (TPSA) is 225 Å². The summed E-state index contributed by atoms with van der Waals surface area (Å²) in [5, 5.41) is 61.8. The van der Waals surface area contributed by atoms with Crippen LogP contribution in [0.4, 0.5) is 28.4 Å². The molecule has 0 fully saturated rings. The Bertz CT molecular complexity index is 938. The minimum Gasteiger partial charge on any atom is -0.394 e. The summed E-state index contributed by atoms with van der Waals surface area (Å²) in [5.41, 5.74) is -2.14. The number of anilines is 1. The number of nitro benzene ring substituents is 4. The van der Waals surface area contributed by atoms with Gasteiger partial charge >= 0.3 is 0 Å². The van der Waals surface area contributed by atoms with Gasteiger partial charge < -0.3 is 15.5 Å². The molecule has 0 saturated heterocycles. The summed E-state index contributed by atoms with van der Waals surface area (Å²) in [5.74, 6) is 0. The number of halogens is 1. The highest BCUT2D eigenvalue weighted by molar-refractivity contribution is 6.34. The summed E-state index contributed by atoms with van der Waals surface area (Å²) in [7, 11) is 0. The molecule has 0 radical (unpaired) electrons. The maximum Gasteiger partial charge on any atom is 0.299 e. The number of nitro groups is 4. The van der Waals surface area contributed by atoms with E-state index in [4.69, 9.17) is 21.8 Å². The van der Waals surface area contributed by atoms with Crippen LogP contribution in [0.2, 0.25) is 5.02 Å². The van der Waals surface area contributed by atoms with E-state index < -0.39 is 60.2 Å². The minimum atomic E-state index is -1.16. The Kier molecular flexibility index (Phi) is 9.14. The molecule has 0 aliphatic rings. The molecule has 0 heterocycles. The lowest BCUT2D eigenvalue weighted by atomic mass is 10.2. The Hall–Kier alpha value is -3.95. The van der Waals surface area contributed by atoms with Crippen molar-refractivity contribution >= 4 is 40.0 Å². The summed E-state index contributed by atoms with van der Waals surface area (Å²) < 4.78 is 0. The Morgan fingerprint density at radius 1 is 0.806 bits per heavy atom. The molecule has 2 aromatic carbocycles. The van der Waals surface area contributed by atoms with E-state index in [1.54, 1.807) is 0 Å². The molecule has 31 heavy (non-hydrogen) atoms. The fourth-order valence-electron chi connectivity index (χ4n) is 2.09. The normalized spacial score (nSPS) is 10.9. The van der Waals surface area contributed by atoms with Crippen LogP contribution in [0.5, 0.6) is 0 Å². The fourth-order valence-corrected chi connectivity index (χ4v) is 2.35. The van der Waals surface area contributed by atoms with Gasteiger partial charge in [0.05, 0.1) is 32.4 Å². The third-order valence-corrected chi connectivity index (χ3v) is 3.88. The molecule has 0 saturated carbocycles. The standard InChI is InChI=1S/C9H11N3O6.C6H3ClN2O4/c13-5-6(14)4-10-9-7(11(15)16)2-1-3-8(9)12(17)18;7-6-4(8(10)11)2-1-3-5(6)9(12)13/h1-3,6,10,13-14H,4-5H2;1-3H. The molecule has 0 amide bonds. The third kappa shape index (κ3) is 6.81. The molecule has 1 atom stereocenters. The minimum absolute atomic E-state index is 0.234. The van der Waals surface area contributed by atoms with Crippen LogP contribution in [0, 0.1) is 40.5 Å². The van der Waals surface area contributed by atoms with Crippen LogP contribution in [0.15, 0.2) is 36.4 Å². The zero-order chi connectivity index (χ0) is 23.7. The molecule has 0 spiro atoms. The van der Waals surface area contributed by atoms with Gasteiger partial charge in [0.1, 0.15) is 0 Å². The molecule has 1 unspecified atom stereocenters. The van der Waals surface area contributed by atoms with E-state index in [1.807, 2.05) is 0 Å². The third-order valence-electron chi connectivity index (χ3n) is 3.49. The number of nitrogens with zero attached hydrogens (tertiary/aromatic N) is 4. The van der Waals surface area contributed by atoms with Gasteiger partial charge in [0.25, 0.3) is 22.7 Å². The number of para-hydroxylation sites is 1. The van der Waals surface area contributed by atoms with Crippen LogP contribution < -0.4 is 5.32 Å². The van der Waals surface area contributed by atoms with Gasteiger partial charge in [-0.05, 0) is 12.1 Å². The van der Waals surface area contributed by atoms with Crippen molar-refractivity contribution in [2.24, 2.45) is 0 Å². The van der Waals surface area contributed by atoms with Gasteiger partial charge in [0.2, 0.25) is 0 Å². The van der Waals surface area contributed by atoms with Crippen molar-refractivity contribution in [3.8, 4) is 0 Å². The van der Waals surface area contributed by atoms with E-state index in [9.17, 15) is 40.5 Å². The van der Waals surface area contributed by atoms with Gasteiger partial charge in [0.15, 0.2) is 10.7 Å². The quantitative estimate of drug-likeness (QED) is 0.383. The van der Waals surface area contributed by atoms with E-state index in [1.165, 1.54) is 12.1 Å². The Balaban J connectivity index is 0.000000327.